The summed E-state index contributed by atoms with van der Waals surface area (Å²) in [7, 11) is 0. The summed E-state index contributed by atoms with van der Waals surface area (Å²) in [6.07, 6.45) is 1.78. The molecule has 0 radical (unpaired) electrons. The van der Waals surface area contributed by atoms with Gasteiger partial charge in [-0.2, -0.15) is 5.10 Å². The van der Waals surface area contributed by atoms with Gasteiger partial charge in [-0.15, -0.1) is 16.8 Å². The van der Waals surface area contributed by atoms with E-state index in [2.05, 4.69) is 27.2 Å². The maximum Gasteiger partial charge on any atom is 0.234 e. The van der Waals surface area contributed by atoms with Crippen LogP contribution in [0.4, 0.5) is 5.69 Å². The van der Waals surface area contributed by atoms with Gasteiger partial charge in [-0.05, 0) is 39.8 Å². The normalized spacial score (nSPS) is 10.9. The number of allylic oxidation sites excluding steroid dienone is 1. The summed E-state index contributed by atoms with van der Waals surface area (Å²) in [6.45, 7) is 12.1. The molecule has 1 aromatic carbocycles. The molecule has 28 heavy (non-hydrogen) atoms. The SMILES string of the molecule is C=CCn1c(C)nnc1SCC(=O)Nc1c(C)nn(-c2ccc(C)cc2)c1C. The van der Waals surface area contributed by atoms with Gasteiger partial charge in [0.2, 0.25) is 5.91 Å². The van der Waals surface area contributed by atoms with Crippen molar-refractivity contribution >= 4 is 23.4 Å². The molecule has 0 aliphatic carbocycles. The lowest BCUT2D eigenvalue weighted by Gasteiger charge is -2.08. The number of thioether (sulfide) groups is 1. The second-order valence-corrected chi connectivity index (χ2v) is 7.50. The van der Waals surface area contributed by atoms with Gasteiger partial charge in [0, 0.05) is 6.54 Å². The van der Waals surface area contributed by atoms with Crippen LogP contribution in [0.25, 0.3) is 5.69 Å². The molecule has 3 rings (SSSR count). The second kappa shape index (κ2) is 8.43. The molecule has 0 aliphatic heterocycles. The first-order chi connectivity index (χ1) is 13.4. The zero-order valence-corrected chi connectivity index (χ0v) is 17.4. The van der Waals surface area contributed by atoms with E-state index < -0.39 is 0 Å². The Hall–Kier alpha value is -2.87. The Morgan fingerprint density at radius 2 is 1.89 bits per heavy atom. The fraction of sp³-hybridized carbons (Fsp3) is 0.300. The molecule has 0 atom stereocenters. The zero-order valence-electron chi connectivity index (χ0n) is 16.6. The highest BCUT2D eigenvalue weighted by Gasteiger charge is 2.16. The Labute approximate surface area is 168 Å². The van der Waals surface area contributed by atoms with Crippen LogP contribution in [0.5, 0.6) is 0 Å². The number of carbonyl (C=O) groups is 1. The van der Waals surface area contributed by atoms with E-state index >= 15 is 0 Å². The third-order valence-electron chi connectivity index (χ3n) is 4.38. The summed E-state index contributed by atoms with van der Waals surface area (Å²) < 4.78 is 3.78. The lowest BCUT2D eigenvalue weighted by atomic mass is 10.2. The molecule has 7 nitrogen and oxygen atoms in total. The molecule has 2 heterocycles. The zero-order chi connectivity index (χ0) is 20.3. The highest BCUT2D eigenvalue weighted by Crippen LogP contribution is 2.24. The Morgan fingerprint density at radius 1 is 1.18 bits per heavy atom. The largest absolute Gasteiger partial charge is 0.322 e. The van der Waals surface area contributed by atoms with Gasteiger partial charge in [-0.25, -0.2) is 4.68 Å². The van der Waals surface area contributed by atoms with Crippen LogP contribution in [0.2, 0.25) is 0 Å². The molecule has 0 unspecified atom stereocenters. The molecular weight excluding hydrogens is 372 g/mol. The van der Waals surface area contributed by atoms with Crippen molar-refractivity contribution in [1.29, 1.82) is 0 Å². The van der Waals surface area contributed by atoms with Crippen LogP contribution in [0, 0.1) is 27.7 Å². The van der Waals surface area contributed by atoms with Crippen molar-refractivity contribution in [2.45, 2.75) is 39.4 Å². The number of aromatic nitrogens is 5. The van der Waals surface area contributed by atoms with Crippen molar-refractivity contribution in [1.82, 2.24) is 24.5 Å². The minimum atomic E-state index is -0.106. The Bertz CT molecular complexity index is 1000. The fourth-order valence-corrected chi connectivity index (χ4v) is 3.67. The lowest BCUT2D eigenvalue weighted by molar-refractivity contribution is -0.113. The van der Waals surface area contributed by atoms with Crippen LogP contribution in [0.15, 0.2) is 42.1 Å². The third-order valence-corrected chi connectivity index (χ3v) is 5.35. The number of amides is 1. The molecule has 146 valence electrons. The summed E-state index contributed by atoms with van der Waals surface area (Å²) in [5, 5.41) is 16.5. The van der Waals surface area contributed by atoms with Crippen LogP contribution in [0.1, 0.15) is 22.8 Å². The Morgan fingerprint density at radius 3 is 2.57 bits per heavy atom. The Balaban J connectivity index is 1.71. The van der Waals surface area contributed by atoms with E-state index in [1.54, 1.807) is 6.08 Å². The summed E-state index contributed by atoms with van der Waals surface area (Å²) in [5.41, 5.74) is 4.58. The summed E-state index contributed by atoms with van der Waals surface area (Å²) in [4.78, 5) is 12.5. The summed E-state index contributed by atoms with van der Waals surface area (Å²) >= 11 is 1.35. The van der Waals surface area contributed by atoms with Crippen molar-refractivity contribution < 1.29 is 4.79 Å². The van der Waals surface area contributed by atoms with E-state index in [1.807, 2.05) is 61.2 Å². The first-order valence-corrected chi connectivity index (χ1v) is 9.96. The molecule has 3 aromatic rings. The van der Waals surface area contributed by atoms with E-state index in [4.69, 9.17) is 0 Å². The smallest absolute Gasteiger partial charge is 0.234 e. The molecule has 0 saturated carbocycles. The van der Waals surface area contributed by atoms with E-state index in [0.717, 1.165) is 28.6 Å². The van der Waals surface area contributed by atoms with Gasteiger partial charge < -0.3 is 9.88 Å². The minimum Gasteiger partial charge on any atom is -0.322 e. The van der Waals surface area contributed by atoms with Crippen molar-refractivity contribution in [3.8, 4) is 5.69 Å². The number of nitrogens with zero attached hydrogens (tertiary/aromatic N) is 5. The average molecular weight is 397 g/mol. The predicted octanol–water partition coefficient (Wildman–Crippen LogP) is 3.61. The molecule has 1 N–H and O–H groups in total. The van der Waals surface area contributed by atoms with Gasteiger partial charge >= 0.3 is 0 Å². The monoisotopic (exact) mass is 396 g/mol. The van der Waals surface area contributed by atoms with Gasteiger partial charge in [0.15, 0.2) is 5.16 Å². The van der Waals surface area contributed by atoms with Crippen LogP contribution >= 0.6 is 11.8 Å². The topological polar surface area (TPSA) is 77.6 Å². The molecule has 0 aliphatic rings. The van der Waals surface area contributed by atoms with E-state index in [0.29, 0.717) is 11.7 Å². The molecule has 0 bridgehead atoms. The predicted molar refractivity (Wildman–Crippen MR) is 112 cm³/mol. The molecule has 8 heteroatoms. The number of anilines is 1. The number of benzene rings is 1. The van der Waals surface area contributed by atoms with E-state index in [9.17, 15) is 4.79 Å². The van der Waals surface area contributed by atoms with Gasteiger partial charge in [-0.1, -0.05) is 35.5 Å². The Kier molecular flexibility index (Phi) is 5.99. The van der Waals surface area contributed by atoms with Crippen LogP contribution < -0.4 is 5.32 Å². The lowest BCUT2D eigenvalue weighted by Crippen LogP contribution is -2.16. The van der Waals surface area contributed by atoms with Crippen molar-refractivity contribution in [3.63, 3.8) is 0 Å². The minimum absolute atomic E-state index is 0.106. The number of carbonyl (C=O) groups excluding carboxylic acids is 1. The molecule has 2 aromatic heterocycles. The maximum absolute atomic E-state index is 12.5. The average Bonchev–Trinajstić information content (AvgIpc) is 3.15. The molecule has 0 fully saturated rings. The standard InChI is InChI=1S/C20H24N6OS/c1-6-11-25-16(5)22-23-20(25)28-12-18(27)21-19-14(3)24-26(15(19)4)17-9-7-13(2)8-10-17/h6-10H,1,11-12H2,2-5H3,(H,21,27). The molecular formula is C20H24N6OS. The summed E-state index contributed by atoms with van der Waals surface area (Å²) in [6, 6.07) is 8.13. The van der Waals surface area contributed by atoms with Crippen LogP contribution in [0.3, 0.4) is 0 Å². The maximum atomic E-state index is 12.5. The highest BCUT2D eigenvalue weighted by molar-refractivity contribution is 7.99. The van der Waals surface area contributed by atoms with Crippen molar-refractivity contribution in [2.75, 3.05) is 11.1 Å². The van der Waals surface area contributed by atoms with E-state index in [-0.39, 0.29) is 11.7 Å². The number of rotatable bonds is 7. The first kappa shape index (κ1) is 19.9. The number of hydrogen-bond acceptors (Lipinski definition) is 5. The van der Waals surface area contributed by atoms with E-state index in [1.165, 1.54) is 17.3 Å². The molecule has 0 spiro atoms. The fourth-order valence-electron chi connectivity index (χ4n) is 2.87. The number of hydrogen-bond donors (Lipinski definition) is 1. The number of nitrogens with one attached hydrogen (secondary N) is 1. The van der Waals surface area contributed by atoms with Gasteiger partial charge in [0.25, 0.3) is 0 Å². The van der Waals surface area contributed by atoms with Crippen LogP contribution in [-0.4, -0.2) is 36.2 Å². The van der Waals surface area contributed by atoms with Gasteiger partial charge in [0.05, 0.1) is 28.5 Å². The number of aryl methyl sites for hydroxylation is 3. The van der Waals surface area contributed by atoms with Crippen molar-refractivity contribution in [2.24, 2.45) is 0 Å². The molecule has 0 saturated heterocycles. The summed E-state index contributed by atoms with van der Waals surface area (Å²) in [5.74, 6) is 0.934. The first-order valence-electron chi connectivity index (χ1n) is 8.97. The van der Waals surface area contributed by atoms with Gasteiger partial charge in [0.1, 0.15) is 5.82 Å². The van der Waals surface area contributed by atoms with Gasteiger partial charge in [-0.3, -0.25) is 4.79 Å². The second-order valence-electron chi connectivity index (χ2n) is 6.56. The van der Waals surface area contributed by atoms with Crippen LogP contribution in [-0.2, 0) is 11.3 Å². The quantitative estimate of drug-likeness (QED) is 0.488. The third kappa shape index (κ3) is 4.17. The highest BCUT2D eigenvalue weighted by atomic mass is 32.2. The molecule has 1 amide bonds. The van der Waals surface area contributed by atoms with Crippen molar-refractivity contribution in [3.05, 3.63) is 59.7 Å².